The summed E-state index contributed by atoms with van der Waals surface area (Å²) in [5, 5.41) is 16.1. The molecule has 0 aliphatic heterocycles. The van der Waals surface area contributed by atoms with E-state index in [0.29, 0.717) is 0 Å². The van der Waals surface area contributed by atoms with Gasteiger partial charge in [-0.25, -0.2) is 0 Å². The highest BCUT2D eigenvalue weighted by Crippen LogP contribution is 2.34. The summed E-state index contributed by atoms with van der Waals surface area (Å²) in [6.45, 7) is 74.1. The first-order valence-electron chi connectivity index (χ1n) is 42.3. The summed E-state index contributed by atoms with van der Waals surface area (Å²) < 4.78 is 0. The van der Waals surface area contributed by atoms with Crippen molar-refractivity contribution in [1.82, 2.24) is 0 Å². The molecule has 0 amide bonds. The molecule has 14 aromatic rings. The lowest BCUT2D eigenvalue weighted by Gasteiger charge is -2.09. The lowest BCUT2D eigenvalue weighted by molar-refractivity contribution is 1.48. The molecule has 0 aromatic heterocycles. The van der Waals surface area contributed by atoms with Gasteiger partial charge in [-0.05, 0) is 93.8 Å². The third kappa shape index (κ3) is 51.7. The fraction of sp³-hybridized carbons (Fsp3) is 0.346. The number of rotatable bonds is 2. The van der Waals surface area contributed by atoms with Crippen molar-refractivity contribution in [3.8, 4) is 22.3 Å². The van der Waals surface area contributed by atoms with Gasteiger partial charge in [0.25, 0.3) is 0 Å². The Bertz CT molecular complexity index is 3390. The van der Waals surface area contributed by atoms with Crippen LogP contribution in [0.5, 0.6) is 0 Å². The second-order valence-corrected chi connectivity index (χ2v) is 17.3. The van der Waals surface area contributed by atoms with Crippen molar-refractivity contribution >= 4 is 64.6 Å². The molecule has 0 aliphatic rings. The lowest BCUT2D eigenvalue weighted by Crippen LogP contribution is -1.82. The molecule has 0 N–H and O–H groups in total. The van der Waals surface area contributed by atoms with E-state index < -0.39 is 0 Å². The molecular formula is C107H164. The first-order chi connectivity index (χ1) is 53.2. The van der Waals surface area contributed by atoms with E-state index in [1.165, 1.54) is 92.5 Å². The van der Waals surface area contributed by atoms with E-state index in [9.17, 15) is 0 Å². The smallest absolute Gasteiger partial charge is 0.00268 e. The molecule has 0 fully saturated rings. The third-order valence-electron chi connectivity index (χ3n) is 12.4. The van der Waals surface area contributed by atoms with Crippen molar-refractivity contribution in [2.75, 3.05) is 0 Å². The average molecular weight is 1450 g/mol. The van der Waals surface area contributed by atoms with Crippen LogP contribution in [0.15, 0.2) is 322 Å². The van der Waals surface area contributed by atoms with E-state index in [2.05, 4.69) is 286 Å². The van der Waals surface area contributed by atoms with Gasteiger partial charge in [-0.15, -0.1) is 0 Å². The highest BCUT2D eigenvalue weighted by molar-refractivity contribution is 6.22. The van der Waals surface area contributed by atoms with Crippen LogP contribution in [0.1, 0.15) is 255 Å². The molecule has 0 aliphatic carbocycles. The van der Waals surface area contributed by atoms with Crippen molar-refractivity contribution in [2.24, 2.45) is 0 Å². The Morgan fingerprint density at radius 1 is 0.112 bits per heavy atom. The molecule has 0 unspecified atom stereocenters. The van der Waals surface area contributed by atoms with Crippen LogP contribution >= 0.6 is 0 Å². The van der Waals surface area contributed by atoms with Crippen molar-refractivity contribution in [2.45, 2.75) is 256 Å². The number of fused-ring (bicyclic) bond motifs is 4. The maximum Gasteiger partial charge on any atom is -0.00268 e. The van der Waals surface area contributed by atoms with Crippen molar-refractivity contribution in [1.29, 1.82) is 0 Å². The summed E-state index contributed by atoms with van der Waals surface area (Å²) in [7, 11) is 0. The summed E-state index contributed by atoms with van der Waals surface area (Å²) in [5.74, 6) is 0. The molecule has 107 heavy (non-hydrogen) atoms. The van der Waals surface area contributed by atoms with Gasteiger partial charge in [-0.3, -0.25) is 0 Å². The Hall–Kier alpha value is -9.10. The molecule has 0 heteroatoms. The molecular weight excluding hydrogens is 1290 g/mol. The Morgan fingerprint density at radius 3 is 0.430 bits per heavy atom. The second-order valence-electron chi connectivity index (χ2n) is 17.3. The van der Waals surface area contributed by atoms with Crippen LogP contribution in [0.25, 0.3) is 86.9 Å². The number of hydrogen-bond donors (Lipinski definition) is 0. The molecule has 0 spiro atoms. The molecule has 14 aromatic carbocycles. The van der Waals surface area contributed by atoms with Crippen molar-refractivity contribution in [3.05, 3.63) is 327 Å². The topological polar surface area (TPSA) is 0 Å². The lowest BCUT2D eigenvalue weighted by atomic mass is 9.95. The largest absolute Gasteiger partial charge is 0.0683 e. The summed E-state index contributed by atoms with van der Waals surface area (Å²) >= 11 is 0. The van der Waals surface area contributed by atoms with Crippen molar-refractivity contribution < 1.29 is 0 Å². The van der Waals surface area contributed by atoms with E-state index in [-0.39, 0.29) is 0 Å². The average Bonchev–Trinajstić information content (AvgIpc) is 0.754. The Balaban J connectivity index is -0.000000122. The Morgan fingerprint density at radius 2 is 0.252 bits per heavy atom. The maximum absolute atomic E-state index is 2.21. The molecule has 0 bridgehead atoms. The summed E-state index contributed by atoms with van der Waals surface area (Å²) in [6, 6.07) is 112. The van der Waals surface area contributed by atoms with E-state index in [1.807, 2.05) is 292 Å². The van der Waals surface area contributed by atoms with Gasteiger partial charge in [0.2, 0.25) is 0 Å². The first kappa shape index (κ1) is 119. The van der Waals surface area contributed by atoms with Crippen LogP contribution in [0.4, 0.5) is 0 Å². The molecule has 0 radical (unpaired) electrons. The molecule has 14 rings (SSSR count). The van der Waals surface area contributed by atoms with E-state index >= 15 is 0 Å². The second kappa shape index (κ2) is 99.0. The SMILES string of the molecule is CC.CC.CC.CC.CC.CC.CC.CC.CC.CC.CC.CC.CC.CC.CC.CC.CC.CC.Cc1ccccc1.c1cc2ccc3cccc4ccc(c1)c2c34.c1ccc(-c2ccccc2)cc1.c1ccc(-c2ccccc2)cc1.c1ccc2c(c1)ccc1ccccc12.c1ccc2ccccc2c1. The number of benzene rings is 14. The number of hydrogen-bond acceptors (Lipinski definition) is 0. The zero-order valence-corrected chi connectivity index (χ0v) is 76.1. The van der Waals surface area contributed by atoms with Gasteiger partial charge < -0.3 is 0 Å². The van der Waals surface area contributed by atoms with E-state index in [1.54, 1.807) is 0 Å². The molecule has 0 nitrogen and oxygen atoms in total. The normalized spacial score (nSPS) is 7.86. The molecule has 0 saturated carbocycles. The third-order valence-corrected chi connectivity index (χ3v) is 12.4. The maximum atomic E-state index is 2.21. The molecule has 592 valence electrons. The fourth-order valence-corrected chi connectivity index (χ4v) is 8.81. The van der Waals surface area contributed by atoms with Gasteiger partial charge in [-0.2, -0.15) is 0 Å². The van der Waals surface area contributed by atoms with Gasteiger partial charge in [0, 0.05) is 0 Å². The van der Waals surface area contributed by atoms with Gasteiger partial charge in [0.1, 0.15) is 0 Å². The molecule has 0 saturated heterocycles. The standard InChI is InChI=1S/C16H10.C14H10.2C12H10.C10H8.C7H8.18C2H6/c1-3-11-7-9-13-5-2-6-14-10-8-12(4-1)15(11)16(13)14;1-3-7-13-11(5-1)9-10-12-6-2-4-8-14(12)13;2*1-3-7-11(8-4-1)12-9-5-2-6-10-12;1-2-6-10-8-4-3-7-9(10)5-1;1-7-5-3-2-4-6-7;18*1-2/h1-10H;1-10H;2*1-10H;1-8H;2-6H,1H3;18*1-2H3. The predicted molar refractivity (Wildman–Crippen MR) is 515 cm³/mol. The Labute approximate surface area is 666 Å². The van der Waals surface area contributed by atoms with Crippen LogP contribution in [0, 0.1) is 6.92 Å². The molecule has 0 atom stereocenters. The van der Waals surface area contributed by atoms with Crippen LogP contribution in [0.3, 0.4) is 0 Å². The van der Waals surface area contributed by atoms with Crippen LogP contribution in [-0.2, 0) is 0 Å². The zero-order valence-electron chi connectivity index (χ0n) is 76.1. The predicted octanol–water partition coefficient (Wildman–Crippen LogP) is 38.6. The van der Waals surface area contributed by atoms with Gasteiger partial charge in [-0.1, -0.05) is 576 Å². The summed E-state index contributed by atoms with van der Waals surface area (Å²) in [6.07, 6.45) is 0. The molecule has 0 heterocycles. The minimum absolute atomic E-state index is 1.28. The minimum Gasteiger partial charge on any atom is -0.0683 e. The van der Waals surface area contributed by atoms with E-state index in [0.717, 1.165) is 0 Å². The zero-order chi connectivity index (χ0) is 84.3. The Kier molecular flexibility index (Phi) is 110. The fourth-order valence-electron chi connectivity index (χ4n) is 8.81. The van der Waals surface area contributed by atoms with Crippen LogP contribution in [-0.4, -0.2) is 0 Å². The van der Waals surface area contributed by atoms with Crippen LogP contribution in [0.2, 0.25) is 0 Å². The van der Waals surface area contributed by atoms with Crippen molar-refractivity contribution in [3.63, 3.8) is 0 Å². The highest BCUT2D eigenvalue weighted by Gasteiger charge is 2.06. The van der Waals surface area contributed by atoms with Gasteiger partial charge >= 0.3 is 0 Å². The number of aryl methyl sites for hydroxylation is 1. The van der Waals surface area contributed by atoms with E-state index in [4.69, 9.17) is 0 Å². The van der Waals surface area contributed by atoms with Gasteiger partial charge in [0.15, 0.2) is 0 Å². The van der Waals surface area contributed by atoms with Crippen LogP contribution < -0.4 is 0 Å². The first-order valence-corrected chi connectivity index (χ1v) is 42.3. The quantitative estimate of drug-likeness (QED) is 0.151. The summed E-state index contributed by atoms with van der Waals surface area (Å²) in [4.78, 5) is 0. The highest BCUT2D eigenvalue weighted by atomic mass is 14.1. The summed E-state index contributed by atoms with van der Waals surface area (Å²) in [5.41, 5.74) is 6.43. The van der Waals surface area contributed by atoms with Gasteiger partial charge in [0.05, 0.1) is 0 Å². The monoisotopic (exact) mass is 1450 g/mol. The minimum atomic E-state index is 1.28.